The molecular weight excluding hydrogens is 293 g/mol. The molecule has 1 saturated heterocycles. The Kier molecular flexibility index (Phi) is 3.01. The molecular formula is C16H17F3N2O. The Morgan fingerprint density at radius 2 is 2.00 bits per heavy atom. The van der Waals surface area contributed by atoms with Crippen molar-refractivity contribution in [2.75, 3.05) is 19.6 Å². The van der Waals surface area contributed by atoms with E-state index in [9.17, 15) is 18.0 Å². The number of carbonyl (C=O) groups excluding carboxylic acids is 1. The number of hydrogen-bond acceptors (Lipinski definition) is 2. The van der Waals surface area contributed by atoms with Gasteiger partial charge >= 0.3 is 6.18 Å². The molecule has 0 spiro atoms. The highest BCUT2D eigenvalue weighted by Gasteiger charge is 2.47. The molecule has 2 aliphatic heterocycles. The molecule has 1 saturated carbocycles. The Morgan fingerprint density at radius 1 is 1.23 bits per heavy atom. The topological polar surface area (TPSA) is 32.3 Å². The van der Waals surface area contributed by atoms with E-state index in [1.54, 1.807) is 11.0 Å². The van der Waals surface area contributed by atoms with Crippen LogP contribution in [-0.4, -0.2) is 36.5 Å². The maximum absolute atomic E-state index is 13.3. The van der Waals surface area contributed by atoms with Gasteiger partial charge < -0.3 is 10.2 Å². The zero-order valence-corrected chi connectivity index (χ0v) is 12.0. The molecule has 1 aliphatic carbocycles. The Balaban J connectivity index is 1.83. The molecule has 0 bridgehead atoms. The largest absolute Gasteiger partial charge is 0.417 e. The maximum Gasteiger partial charge on any atom is 0.417 e. The van der Waals surface area contributed by atoms with Crippen LogP contribution in [0.1, 0.15) is 40.2 Å². The lowest BCUT2D eigenvalue weighted by Gasteiger charge is -2.39. The molecule has 0 radical (unpaired) electrons. The minimum atomic E-state index is -4.49. The summed E-state index contributed by atoms with van der Waals surface area (Å²) >= 11 is 0. The molecule has 1 aromatic rings. The predicted octanol–water partition coefficient (Wildman–Crippen LogP) is 2.63. The van der Waals surface area contributed by atoms with Gasteiger partial charge in [0.1, 0.15) is 0 Å². The van der Waals surface area contributed by atoms with Crippen LogP contribution in [0.2, 0.25) is 0 Å². The number of benzene rings is 1. The van der Waals surface area contributed by atoms with E-state index in [0.29, 0.717) is 31.1 Å². The van der Waals surface area contributed by atoms with Gasteiger partial charge in [-0.2, -0.15) is 13.2 Å². The highest BCUT2D eigenvalue weighted by Crippen LogP contribution is 2.43. The van der Waals surface area contributed by atoms with Crippen LogP contribution in [0.5, 0.6) is 0 Å². The van der Waals surface area contributed by atoms with Crippen molar-refractivity contribution in [3.05, 3.63) is 34.9 Å². The van der Waals surface area contributed by atoms with Gasteiger partial charge in [0.15, 0.2) is 0 Å². The summed E-state index contributed by atoms with van der Waals surface area (Å²) in [4.78, 5) is 14.5. The molecule has 0 aromatic heterocycles. The summed E-state index contributed by atoms with van der Waals surface area (Å²) in [5, 5.41) is 3.23. The summed E-state index contributed by atoms with van der Waals surface area (Å²) in [6.07, 6.45) is -2.35. The molecule has 2 atom stereocenters. The minimum Gasteiger partial charge on any atom is -0.333 e. The highest BCUT2D eigenvalue weighted by atomic mass is 19.4. The summed E-state index contributed by atoms with van der Waals surface area (Å²) in [6.45, 7) is 1.89. The number of hydrogen-bond donors (Lipinski definition) is 1. The van der Waals surface area contributed by atoms with E-state index in [1.807, 2.05) is 0 Å². The first-order chi connectivity index (χ1) is 10.5. The van der Waals surface area contributed by atoms with E-state index in [4.69, 9.17) is 0 Å². The second kappa shape index (κ2) is 4.72. The lowest BCUT2D eigenvalue weighted by Crippen LogP contribution is -2.49. The van der Waals surface area contributed by atoms with Crippen molar-refractivity contribution in [2.45, 2.75) is 31.0 Å². The Labute approximate surface area is 126 Å². The van der Waals surface area contributed by atoms with Crippen molar-refractivity contribution < 1.29 is 18.0 Å². The summed E-state index contributed by atoms with van der Waals surface area (Å²) in [7, 11) is 0. The van der Waals surface area contributed by atoms with Crippen molar-refractivity contribution in [3.63, 3.8) is 0 Å². The van der Waals surface area contributed by atoms with Gasteiger partial charge in [0, 0.05) is 25.6 Å². The van der Waals surface area contributed by atoms with E-state index in [-0.39, 0.29) is 17.5 Å². The smallest absolute Gasteiger partial charge is 0.333 e. The van der Waals surface area contributed by atoms with E-state index >= 15 is 0 Å². The van der Waals surface area contributed by atoms with Gasteiger partial charge in [-0.25, -0.2) is 0 Å². The summed E-state index contributed by atoms with van der Waals surface area (Å²) in [5.41, 5.74) is -0.358. The van der Waals surface area contributed by atoms with Crippen LogP contribution in [0.15, 0.2) is 18.2 Å². The lowest BCUT2D eigenvalue weighted by atomic mass is 9.82. The van der Waals surface area contributed by atoms with Gasteiger partial charge in [0.2, 0.25) is 0 Å². The molecule has 2 fully saturated rings. The fraction of sp³-hybridized carbons (Fsp3) is 0.562. The third-order valence-corrected chi connectivity index (χ3v) is 5.01. The fourth-order valence-corrected chi connectivity index (χ4v) is 3.75. The molecule has 3 aliphatic rings. The van der Waals surface area contributed by atoms with Gasteiger partial charge in [-0.15, -0.1) is 0 Å². The minimum absolute atomic E-state index is 0.0101. The summed E-state index contributed by atoms with van der Waals surface area (Å²) in [6, 6.07) is 4.11. The van der Waals surface area contributed by atoms with Crippen LogP contribution in [0.4, 0.5) is 13.2 Å². The quantitative estimate of drug-likeness (QED) is 0.911. The standard InChI is InChI=1S/C16H17F3N2O/c17-16(18,19)12-3-1-2-10-11-6-20-7-13(11)21(8-9-4-5-9)15(22)14(10)12/h1-3,9,11,13,20H,4-8H2/t11-,13-/m0/s1. The second-order valence-corrected chi connectivity index (χ2v) is 6.50. The van der Waals surface area contributed by atoms with E-state index in [2.05, 4.69) is 5.32 Å². The van der Waals surface area contributed by atoms with Crippen molar-refractivity contribution >= 4 is 5.91 Å². The molecule has 1 N–H and O–H groups in total. The number of rotatable bonds is 2. The van der Waals surface area contributed by atoms with Gasteiger partial charge in [-0.1, -0.05) is 12.1 Å². The summed E-state index contributed by atoms with van der Waals surface area (Å²) in [5.74, 6) is -0.0154. The van der Waals surface area contributed by atoms with Crippen LogP contribution >= 0.6 is 0 Å². The average Bonchev–Trinajstić information content (AvgIpc) is 3.15. The molecule has 4 rings (SSSR count). The predicted molar refractivity (Wildman–Crippen MR) is 74.6 cm³/mol. The molecule has 1 aromatic carbocycles. The number of nitrogens with zero attached hydrogens (tertiary/aromatic N) is 1. The molecule has 1 amide bonds. The molecule has 118 valence electrons. The Morgan fingerprint density at radius 3 is 2.68 bits per heavy atom. The van der Waals surface area contributed by atoms with E-state index in [1.165, 1.54) is 6.07 Å². The van der Waals surface area contributed by atoms with Gasteiger partial charge in [0.05, 0.1) is 17.2 Å². The molecule has 22 heavy (non-hydrogen) atoms. The van der Waals surface area contributed by atoms with Gasteiger partial charge in [-0.3, -0.25) is 4.79 Å². The molecule has 6 heteroatoms. The molecule has 0 unspecified atom stereocenters. The van der Waals surface area contributed by atoms with E-state index < -0.39 is 17.6 Å². The third-order valence-electron chi connectivity index (χ3n) is 5.01. The third kappa shape index (κ3) is 2.12. The second-order valence-electron chi connectivity index (χ2n) is 6.50. The van der Waals surface area contributed by atoms with E-state index in [0.717, 1.165) is 18.9 Å². The SMILES string of the molecule is O=C1c2c(cccc2C(F)(F)F)[C@@H]2CNC[C@@H]2N1CC1CC1. The van der Waals surface area contributed by atoms with Gasteiger partial charge in [0.25, 0.3) is 5.91 Å². The number of amides is 1. The Bertz CT molecular complexity index is 624. The number of nitrogens with one attached hydrogen (secondary N) is 1. The zero-order chi connectivity index (χ0) is 15.5. The maximum atomic E-state index is 13.3. The van der Waals surface area contributed by atoms with Crippen LogP contribution in [0, 0.1) is 5.92 Å². The van der Waals surface area contributed by atoms with Crippen molar-refractivity contribution in [3.8, 4) is 0 Å². The van der Waals surface area contributed by atoms with Crippen LogP contribution in [-0.2, 0) is 6.18 Å². The normalized spacial score (nSPS) is 27.8. The first kappa shape index (κ1) is 14.1. The first-order valence-corrected chi connectivity index (χ1v) is 7.68. The average molecular weight is 310 g/mol. The van der Waals surface area contributed by atoms with Crippen LogP contribution < -0.4 is 5.32 Å². The molecule has 2 heterocycles. The zero-order valence-electron chi connectivity index (χ0n) is 12.0. The number of carbonyl (C=O) groups is 1. The Hall–Kier alpha value is -1.56. The molecule has 3 nitrogen and oxygen atoms in total. The van der Waals surface area contributed by atoms with Crippen molar-refractivity contribution in [1.29, 1.82) is 0 Å². The first-order valence-electron chi connectivity index (χ1n) is 7.68. The lowest BCUT2D eigenvalue weighted by molar-refractivity contribution is -0.138. The van der Waals surface area contributed by atoms with Crippen molar-refractivity contribution in [2.24, 2.45) is 5.92 Å². The van der Waals surface area contributed by atoms with Gasteiger partial charge in [-0.05, 0) is 30.4 Å². The fourth-order valence-electron chi connectivity index (χ4n) is 3.75. The highest BCUT2D eigenvalue weighted by molar-refractivity contribution is 5.99. The summed E-state index contributed by atoms with van der Waals surface area (Å²) < 4.78 is 39.9. The van der Waals surface area contributed by atoms with Crippen molar-refractivity contribution in [1.82, 2.24) is 10.2 Å². The van der Waals surface area contributed by atoms with Crippen LogP contribution in [0.25, 0.3) is 0 Å². The van der Waals surface area contributed by atoms with Crippen LogP contribution in [0.3, 0.4) is 0 Å². The number of alkyl halides is 3. The number of halogens is 3. The number of fused-ring (bicyclic) bond motifs is 3. The monoisotopic (exact) mass is 310 g/mol.